The van der Waals surface area contributed by atoms with Crippen LogP contribution in [0.3, 0.4) is 0 Å². The lowest BCUT2D eigenvalue weighted by molar-refractivity contribution is -0.148. The predicted octanol–water partition coefficient (Wildman–Crippen LogP) is 2.47. The lowest BCUT2D eigenvalue weighted by Crippen LogP contribution is -2.54. The summed E-state index contributed by atoms with van der Waals surface area (Å²) in [5.41, 5.74) is 1.60. The highest BCUT2D eigenvalue weighted by Crippen LogP contribution is 2.37. The molecule has 3 rings (SSSR count). The number of nitrogens with zero attached hydrogens (tertiary/aromatic N) is 2. The number of amides is 1. The van der Waals surface area contributed by atoms with Gasteiger partial charge in [-0.2, -0.15) is 5.26 Å². The third-order valence-corrected chi connectivity index (χ3v) is 4.75. The molecule has 0 radical (unpaired) electrons. The molecule has 1 amide bonds. The minimum atomic E-state index is -0.164. The molecule has 5 heteroatoms. The second-order valence-electron chi connectivity index (χ2n) is 6.20. The Morgan fingerprint density at radius 3 is 2.59 bits per heavy atom. The van der Waals surface area contributed by atoms with E-state index in [0.29, 0.717) is 18.0 Å². The van der Waals surface area contributed by atoms with Crippen LogP contribution < -0.4 is 5.32 Å². The minimum Gasteiger partial charge on any atom is -0.338 e. The van der Waals surface area contributed by atoms with Crippen molar-refractivity contribution in [1.82, 2.24) is 10.2 Å². The highest BCUT2D eigenvalue weighted by molar-refractivity contribution is 5.85. The topological polar surface area (TPSA) is 56.1 Å². The molecule has 1 spiro atoms. The smallest absolute Gasteiger partial charge is 0.230 e. The number of piperidine rings is 2. The first-order chi connectivity index (χ1) is 10.2. The van der Waals surface area contributed by atoms with E-state index in [9.17, 15) is 4.79 Å². The van der Waals surface area contributed by atoms with E-state index in [-0.39, 0.29) is 17.8 Å². The fraction of sp³-hybridized carbons (Fsp3) is 0.529. The molecule has 4 nitrogen and oxygen atoms in total. The second-order valence-corrected chi connectivity index (χ2v) is 6.20. The zero-order chi connectivity index (χ0) is 14.7. The van der Waals surface area contributed by atoms with Gasteiger partial charge in [0.05, 0.1) is 17.0 Å². The fourth-order valence-corrected chi connectivity index (χ4v) is 3.57. The number of rotatable bonds is 2. The summed E-state index contributed by atoms with van der Waals surface area (Å²) in [7, 11) is 0. The van der Waals surface area contributed by atoms with Crippen molar-refractivity contribution < 1.29 is 4.79 Å². The molecule has 118 valence electrons. The zero-order valence-electron chi connectivity index (χ0n) is 12.7. The quantitative estimate of drug-likeness (QED) is 0.911. The monoisotopic (exact) mass is 319 g/mol. The van der Waals surface area contributed by atoms with Crippen molar-refractivity contribution in [2.24, 2.45) is 5.41 Å². The van der Waals surface area contributed by atoms with Crippen LogP contribution in [0.25, 0.3) is 0 Å². The Labute approximate surface area is 137 Å². The summed E-state index contributed by atoms with van der Waals surface area (Å²) in [5, 5.41) is 12.2. The van der Waals surface area contributed by atoms with Gasteiger partial charge in [-0.1, -0.05) is 12.1 Å². The van der Waals surface area contributed by atoms with Crippen LogP contribution in [0.4, 0.5) is 0 Å². The first-order valence-electron chi connectivity index (χ1n) is 7.73. The van der Waals surface area contributed by atoms with Crippen molar-refractivity contribution in [2.45, 2.75) is 32.2 Å². The maximum absolute atomic E-state index is 12.9. The normalized spacial score (nSPS) is 24.7. The molecular weight excluding hydrogens is 298 g/mol. The van der Waals surface area contributed by atoms with Gasteiger partial charge in [0, 0.05) is 19.6 Å². The van der Waals surface area contributed by atoms with E-state index in [1.54, 1.807) is 0 Å². The average Bonchev–Trinajstić information content (AvgIpc) is 2.54. The summed E-state index contributed by atoms with van der Waals surface area (Å²) in [6, 6.07) is 9.67. The molecule has 1 atom stereocenters. The van der Waals surface area contributed by atoms with E-state index in [1.165, 1.54) is 0 Å². The Balaban J connectivity index is 0.00000176. The van der Waals surface area contributed by atoms with Crippen LogP contribution in [0, 0.1) is 16.7 Å². The number of hydrogen-bond donors (Lipinski definition) is 1. The number of benzene rings is 1. The van der Waals surface area contributed by atoms with Gasteiger partial charge in [-0.3, -0.25) is 4.79 Å². The van der Waals surface area contributed by atoms with Crippen molar-refractivity contribution in [3.05, 3.63) is 35.4 Å². The predicted molar refractivity (Wildman–Crippen MR) is 87.6 cm³/mol. The second kappa shape index (κ2) is 7.13. The van der Waals surface area contributed by atoms with Gasteiger partial charge in [0.1, 0.15) is 0 Å². The van der Waals surface area contributed by atoms with E-state index in [2.05, 4.69) is 11.4 Å². The SMILES string of the molecule is Cl.N#Cc1ccc(CN2CCCC3(CCCNC3)C2=O)cc1. The van der Waals surface area contributed by atoms with E-state index in [0.717, 1.165) is 50.9 Å². The Morgan fingerprint density at radius 1 is 1.23 bits per heavy atom. The molecule has 0 saturated carbocycles. The number of hydrogen-bond acceptors (Lipinski definition) is 3. The minimum absolute atomic E-state index is 0. The van der Waals surface area contributed by atoms with Crippen molar-refractivity contribution in [3.8, 4) is 6.07 Å². The van der Waals surface area contributed by atoms with Gasteiger partial charge >= 0.3 is 0 Å². The Hall–Kier alpha value is -1.57. The van der Waals surface area contributed by atoms with Crippen molar-refractivity contribution in [1.29, 1.82) is 5.26 Å². The van der Waals surface area contributed by atoms with Crippen LogP contribution in [-0.2, 0) is 11.3 Å². The van der Waals surface area contributed by atoms with Crippen LogP contribution >= 0.6 is 12.4 Å². The molecular formula is C17H22ClN3O. The molecule has 1 aromatic rings. The third kappa shape index (κ3) is 3.26. The summed E-state index contributed by atoms with van der Waals surface area (Å²) < 4.78 is 0. The molecule has 2 aliphatic rings. The highest BCUT2D eigenvalue weighted by atomic mass is 35.5. The fourth-order valence-electron chi connectivity index (χ4n) is 3.57. The molecule has 1 N–H and O–H groups in total. The van der Waals surface area contributed by atoms with Crippen molar-refractivity contribution in [2.75, 3.05) is 19.6 Å². The summed E-state index contributed by atoms with van der Waals surface area (Å²) >= 11 is 0. The van der Waals surface area contributed by atoms with E-state index < -0.39 is 0 Å². The van der Waals surface area contributed by atoms with Crippen molar-refractivity contribution >= 4 is 18.3 Å². The van der Waals surface area contributed by atoms with Crippen LogP contribution in [0.15, 0.2) is 24.3 Å². The Morgan fingerprint density at radius 2 is 1.95 bits per heavy atom. The summed E-state index contributed by atoms with van der Waals surface area (Å²) in [5.74, 6) is 0.310. The summed E-state index contributed by atoms with van der Waals surface area (Å²) in [4.78, 5) is 14.9. The Kier molecular flexibility index (Phi) is 5.44. The van der Waals surface area contributed by atoms with Gasteiger partial charge in [-0.25, -0.2) is 0 Å². The number of halogens is 1. The standard InChI is InChI=1S/C17H21N3O.ClH/c18-11-14-3-5-15(6-4-14)12-20-10-2-8-17(16(20)21)7-1-9-19-13-17;/h3-6,19H,1-2,7-10,12-13H2;1H. The average molecular weight is 320 g/mol. The van der Waals surface area contributed by atoms with E-state index in [1.807, 2.05) is 29.2 Å². The highest BCUT2D eigenvalue weighted by Gasteiger charge is 2.44. The lowest BCUT2D eigenvalue weighted by Gasteiger charge is -2.44. The molecule has 0 aromatic heterocycles. The van der Waals surface area contributed by atoms with Gasteiger partial charge in [0.25, 0.3) is 0 Å². The van der Waals surface area contributed by atoms with Crippen molar-refractivity contribution in [3.63, 3.8) is 0 Å². The molecule has 2 fully saturated rings. The van der Waals surface area contributed by atoms with Gasteiger partial charge in [-0.15, -0.1) is 12.4 Å². The first-order valence-corrected chi connectivity index (χ1v) is 7.73. The maximum Gasteiger partial charge on any atom is 0.230 e. The number of carbonyl (C=O) groups is 1. The molecule has 2 heterocycles. The summed E-state index contributed by atoms with van der Waals surface area (Å²) in [6.07, 6.45) is 4.21. The van der Waals surface area contributed by atoms with E-state index >= 15 is 0 Å². The Bertz CT molecular complexity index is 553. The molecule has 22 heavy (non-hydrogen) atoms. The molecule has 2 aliphatic heterocycles. The molecule has 1 unspecified atom stereocenters. The number of nitrogens with one attached hydrogen (secondary N) is 1. The lowest BCUT2D eigenvalue weighted by atomic mass is 9.73. The maximum atomic E-state index is 12.9. The van der Waals surface area contributed by atoms with Gasteiger partial charge < -0.3 is 10.2 Å². The van der Waals surface area contributed by atoms with Crippen LogP contribution in [0.5, 0.6) is 0 Å². The van der Waals surface area contributed by atoms with Gasteiger partial charge in [0.15, 0.2) is 0 Å². The van der Waals surface area contributed by atoms with E-state index in [4.69, 9.17) is 5.26 Å². The van der Waals surface area contributed by atoms with Gasteiger partial charge in [0.2, 0.25) is 5.91 Å². The third-order valence-electron chi connectivity index (χ3n) is 4.75. The zero-order valence-corrected chi connectivity index (χ0v) is 13.5. The number of carbonyl (C=O) groups excluding carboxylic acids is 1. The molecule has 0 bridgehead atoms. The molecule has 0 aliphatic carbocycles. The molecule has 1 aromatic carbocycles. The van der Waals surface area contributed by atoms with Gasteiger partial charge in [-0.05, 0) is 49.9 Å². The summed E-state index contributed by atoms with van der Waals surface area (Å²) in [6.45, 7) is 3.37. The largest absolute Gasteiger partial charge is 0.338 e. The first kappa shape index (κ1) is 16.8. The van der Waals surface area contributed by atoms with Crippen LogP contribution in [0.2, 0.25) is 0 Å². The number of nitriles is 1. The number of likely N-dealkylation sites (tertiary alicyclic amines) is 1. The molecule has 2 saturated heterocycles. The van der Waals surface area contributed by atoms with Crippen LogP contribution in [-0.4, -0.2) is 30.4 Å². The van der Waals surface area contributed by atoms with Crippen LogP contribution in [0.1, 0.15) is 36.8 Å².